The van der Waals surface area contributed by atoms with Crippen LogP contribution in [0.5, 0.6) is 0 Å². The van der Waals surface area contributed by atoms with E-state index in [-0.39, 0.29) is 17.2 Å². The van der Waals surface area contributed by atoms with E-state index in [1.54, 1.807) is 16.6 Å². The second-order valence-corrected chi connectivity index (χ2v) is 8.87. The number of anilines is 1. The topological polar surface area (TPSA) is 85.3 Å². The summed E-state index contributed by atoms with van der Waals surface area (Å²) in [6, 6.07) is 3.34. The minimum atomic E-state index is -0.233. The third kappa shape index (κ3) is 9.88. The van der Waals surface area contributed by atoms with Gasteiger partial charge in [0.2, 0.25) is 0 Å². The lowest BCUT2D eigenvalue weighted by molar-refractivity contribution is 0.0957. The van der Waals surface area contributed by atoms with Crippen molar-refractivity contribution in [3.05, 3.63) is 58.4 Å². The second-order valence-electron chi connectivity index (χ2n) is 8.46. The summed E-state index contributed by atoms with van der Waals surface area (Å²) >= 11 is 6.24. The van der Waals surface area contributed by atoms with Gasteiger partial charge in [-0.25, -0.2) is 4.98 Å². The predicted molar refractivity (Wildman–Crippen MR) is 152 cm³/mol. The third-order valence-corrected chi connectivity index (χ3v) is 5.55. The van der Waals surface area contributed by atoms with E-state index in [4.69, 9.17) is 17.3 Å². The van der Waals surface area contributed by atoms with E-state index in [0.717, 1.165) is 24.2 Å². The van der Waals surface area contributed by atoms with Crippen molar-refractivity contribution < 1.29 is 4.79 Å². The normalized spacial score (nSPS) is 13.1. The van der Waals surface area contributed by atoms with Crippen LogP contribution in [0.3, 0.4) is 0 Å². The molecule has 0 saturated carbocycles. The van der Waals surface area contributed by atoms with Gasteiger partial charge in [-0.05, 0) is 49.8 Å². The molecule has 0 spiro atoms. The summed E-state index contributed by atoms with van der Waals surface area (Å²) in [6.45, 7) is 20.8. The average molecular weight is 504 g/mol. The standard InChI is InChI=1S/C24H34ClN5O.2C2H6/c1-7-10-17(19(25)9-3)15-27-23(31)18-12-20(26)30-21(13-18)28-22(29-30)16(4)14-24(5,6)11-8-2;2*1-2/h8-13,16H,7,14-15,26H2,1-6H3,(H,27,31);2*1-2H3/b11-8-,17-10-,19-9+;;. The van der Waals surface area contributed by atoms with Crippen molar-refractivity contribution in [3.63, 3.8) is 0 Å². The number of halogens is 1. The Bertz CT molecular complexity index is 1020. The van der Waals surface area contributed by atoms with Crippen LogP contribution in [0.4, 0.5) is 5.82 Å². The molecular weight excluding hydrogens is 458 g/mol. The molecule has 1 atom stereocenters. The van der Waals surface area contributed by atoms with Gasteiger partial charge in [-0.15, -0.1) is 5.10 Å². The molecule has 0 aliphatic heterocycles. The van der Waals surface area contributed by atoms with E-state index in [0.29, 0.717) is 28.6 Å². The van der Waals surface area contributed by atoms with Crippen molar-refractivity contribution >= 4 is 29.0 Å². The molecule has 2 aromatic heterocycles. The molecule has 7 heteroatoms. The van der Waals surface area contributed by atoms with E-state index < -0.39 is 0 Å². The van der Waals surface area contributed by atoms with Crippen molar-refractivity contribution in [2.24, 2.45) is 5.41 Å². The minimum Gasteiger partial charge on any atom is -0.384 e. The van der Waals surface area contributed by atoms with Crippen LogP contribution in [0.15, 0.2) is 47.0 Å². The summed E-state index contributed by atoms with van der Waals surface area (Å²) in [6.07, 6.45) is 9.81. The van der Waals surface area contributed by atoms with Crippen LogP contribution in [-0.2, 0) is 0 Å². The third-order valence-electron chi connectivity index (χ3n) is 5.08. The first kappa shape index (κ1) is 32.4. The number of allylic oxidation sites excluding steroid dienone is 4. The van der Waals surface area contributed by atoms with E-state index in [9.17, 15) is 4.79 Å². The molecule has 0 radical (unpaired) electrons. The largest absolute Gasteiger partial charge is 0.384 e. The molecule has 35 heavy (non-hydrogen) atoms. The highest BCUT2D eigenvalue weighted by Crippen LogP contribution is 2.31. The maximum Gasteiger partial charge on any atom is 0.251 e. The fourth-order valence-corrected chi connectivity index (χ4v) is 3.87. The second kappa shape index (κ2) is 16.1. The molecule has 1 unspecified atom stereocenters. The molecular formula is C28H46ClN5O. The van der Waals surface area contributed by atoms with Gasteiger partial charge in [0, 0.05) is 23.1 Å². The summed E-state index contributed by atoms with van der Waals surface area (Å²) in [5, 5.41) is 8.13. The fourth-order valence-electron chi connectivity index (χ4n) is 3.73. The van der Waals surface area contributed by atoms with E-state index >= 15 is 0 Å². The lowest BCUT2D eigenvalue weighted by atomic mass is 9.83. The number of amides is 1. The Kier molecular flexibility index (Phi) is 14.9. The minimum absolute atomic E-state index is 0.0418. The van der Waals surface area contributed by atoms with Gasteiger partial charge in [0.1, 0.15) is 5.82 Å². The number of carbonyl (C=O) groups is 1. The Morgan fingerprint density at radius 3 is 2.40 bits per heavy atom. The van der Waals surface area contributed by atoms with Crippen molar-refractivity contribution in [2.75, 3.05) is 12.3 Å². The number of nitrogens with one attached hydrogen (secondary N) is 1. The zero-order valence-electron chi connectivity index (χ0n) is 23.4. The number of nitrogens with two attached hydrogens (primary N) is 1. The number of hydrogen-bond donors (Lipinski definition) is 2. The number of hydrogen-bond acceptors (Lipinski definition) is 4. The van der Waals surface area contributed by atoms with Gasteiger partial charge in [-0.2, -0.15) is 4.52 Å². The number of pyridine rings is 1. The molecule has 2 aromatic rings. The fraction of sp³-hybridized carbons (Fsp3) is 0.536. The molecule has 1 amide bonds. The van der Waals surface area contributed by atoms with Crippen molar-refractivity contribution in [3.8, 4) is 0 Å². The van der Waals surface area contributed by atoms with Gasteiger partial charge < -0.3 is 11.1 Å². The van der Waals surface area contributed by atoms with Gasteiger partial charge in [0.15, 0.2) is 11.5 Å². The average Bonchev–Trinajstić information content (AvgIpc) is 3.28. The molecule has 2 rings (SSSR count). The molecule has 0 aliphatic carbocycles. The number of carbonyl (C=O) groups excluding carboxylic acids is 1. The highest BCUT2D eigenvalue weighted by Gasteiger charge is 2.22. The van der Waals surface area contributed by atoms with Gasteiger partial charge in [-0.1, -0.05) is 91.3 Å². The zero-order chi connectivity index (χ0) is 27.2. The molecule has 3 N–H and O–H groups in total. The van der Waals surface area contributed by atoms with E-state index in [1.165, 1.54) is 0 Å². The summed E-state index contributed by atoms with van der Waals surface area (Å²) in [5.74, 6) is 1.00. The van der Waals surface area contributed by atoms with Gasteiger partial charge in [0.05, 0.1) is 0 Å². The SMILES string of the molecule is C/C=C\C(C)(C)CC(C)c1nc2cc(C(=O)NCC(=C/CC)/C(Cl)=C\C)cc(N)n2n1.CC.CC. The summed E-state index contributed by atoms with van der Waals surface area (Å²) in [7, 11) is 0. The van der Waals surface area contributed by atoms with Gasteiger partial charge >= 0.3 is 0 Å². The van der Waals surface area contributed by atoms with Crippen LogP contribution < -0.4 is 11.1 Å². The number of fused-ring (bicyclic) bond motifs is 1. The van der Waals surface area contributed by atoms with Gasteiger partial charge in [0.25, 0.3) is 5.91 Å². The summed E-state index contributed by atoms with van der Waals surface area (Å²) < 4.78 is 1.59. The maximum absolute atomic E-state index is 12.7. The molecule has 196 valence electrons. The Morgan fingerprint density at radius 1 is 1.23 bits per heavy atom. The van der Waals surface area contributed by atoms with Crippen LogP contribution in [0.25, 0.3) is 5.65 Å². The summed E-state index contributed by atoms with van der Waals surface area (Å²) in [5.41, 5.74) is 8.12. The van der Waals surface area contributed by atoms with Crippen molar-refractivity contribution in [1.29, 1.82) is 0 Å². The molecule has 0 aliphatic rings. The zero-order valence-corrected chi connectivity index (χ0v) is 24.1. The highest BCUT2D eigenvalue weighted by molar-refractivity contribution is 6.32. The number of nitrogens with zero attached hydrogens (tertiary/aromatic N) is 3. The van der Waals surface area contributed by atoms with Crippen LogP contribution in [0.1, 0.15) is 104 Å². The first-order chi connectivity index (χ1) is 16.6. The molecule has 6 nitrogen and oxygen atoms in total. The first-order valence-corrected chi connectivity index (χ1v) is 13.1. The Morgan fingerprint density at radius 2 is 1.86 bits per heavy atom. The number of nitrogen functional groups attached to an aromatic ring is 1. The quantitative estimate of drug-likeness (QED) is 0.271. The first-order valence-electron chi connectivity index (χ1n) is 12.7. The number of aromatic nitrogens is 3. The van der Waals surface area contributed by atoms with Crippen LogP contribution >= 0.6 is 11.6 Å². The monoisotopic (exact) mass is 503 g/mol. The van der Waals surface area contributed by atoms with Crippen LogP contribution in [0.2, 0.25) is 0 Å². The predicted octanol–water partition coefficient (Wildman–Crippen LogP) is 7.67. The van der Waals surface area contributed by atoms with Crippen molar-refractivity contribution in [1.82, 2.24) is 19.9 Å². The lowest BCUT2D eigenvalue weighted by Gasteiger charge is -2.23. The Labute approximate surface area is 217 Å². The molecule has 0 saturated heterocycles. The molecule has 0 bridgehead atoms. The Balaban J connectivity index is 0.00000274. The molecule has 0 aromatic carbocycles. The molecule has 2 heterocycles. The van der Waals surface area contributed by atoms with Crippen LogP contribution in [-0.4, -0.2) is 27.0 Å². The number of rotatable bonds is 9. The Hall–Kier alpha value is -2.60. The smallest absolute Gasteiger partial charge is 0.251 e. The lowest BCUT2D eigenvalue weighted by Crippen LogP contribution is -2.26. The van der Waals surface area contributed by atoms with Gasteiger partial charge in [-0.3, -0.25) is 4.79 Å². The maximum atomic E-state index is 12.7. The summed E-state index contributed by atoms with van der Waals surface area (Å²) in [4.78, 5) is 17.4. The van der Waals surface area contributed by atoms with E-state index in [1.807, 2.05) is 60.6 Å². The van der Waals surface area contributed by atoms with E-state index in [2.05, 4.69) is 48.3 Å². The van der Waals surface area contributed by atoms with Crippen LogP contribution in [0, 0.1) is 5.41 Å². The van der Waals surface area contributed by atoms with Crippen molar-refractivity contribution in [2.45, 2.75) is 88.0 Å². The molecule has 0 fully saturated rings. The highest BCUT2D eigenvalue weighted by atomic mass is 35.5.